The van der Waals surface area contributed by atoms with Crippen LogP contribution in [0.3, 0.4) is 0 Å². The highest BCUT2D eigenvalue weighted by Gasteiger charge is 2.29. The van der Waals surface area contributed by atoms with Gasteiger partial charge in [-0.1, -0.05) is 18.2 Å². The van der Waals surface area contributed by atoms with Crippen LogP contribution in [0, 0.1) is 0 Å². The van der Waals surface area contributed by atoms with Crippen LogP contribution in [0.15, 0.2) is 24.3 Å². The number of anilines is 1. The first-order valence-corrected chi connectivity index (χ1v) is 7.03. The van der Waals surface area contributed by atoms with Crippen molar-refractivity contribution in [1.29, 1.82) is 0 Å². The molecule has 0 aromatic heterocycles. The molecular formula is C15H23N3O2. The second-order valence-electron chi connectivity index (χ2n) is 5.42. The zero-order valence-corrected chi connectivity index (χ0v) is 12.1. The predicted molar refractivity (Wildman–Crippen MR) is 79.2 cm³/mol. The number of nitrogen functional groups attached to an aromatic ring is 1. The second kappa shape index (κ2) is 6.72. The van der Waals surface area contributed by atoms with Crippen LogP contribution in [0.2, 0.25) is 0 Å². The van der Waals surface area contributed by atoms with Crippen LogP contribution in [0.5, 0.6) is 0 Å². The van der Waals surface area contributed by atoms with Crippen molar-refractivity contribution < 1.29 is 9.53 Å². The van der Waals surface area contributed by atoms with Gasteiger partial charge in [-0.3, -0.25) is 9.69 Å². The van der Waals surface area contributed by atoms with Gasteiger partial charge in [0.15, 0.2) is 0 Å². The number of carbonyl (C=O) groups excluding carboxylic acids is 1. The van der Waals surface area contributed by atoms with Gasteiger partial charge >= 0.3 is 0 Å². The summed E-state index contributed by atoms with van der Waals surface area (Å²) in [4.78, 5) is 14.4. The fourth-order valence-electron chi connectivity index (χ4n) is 2.35. The van der Waals surface area contributed by atoms with Crippen molar-refractivity contribution in [3.8, 4) is 0 Å². The number of benzene rings is 1. The summed E-state index contributed by atoms with van der Waals surface area (Å²) in [7, 11) is 0. The maximum Gasteiger partial charge on any atom is 0.239 e. The molecule has 0 aliphatic carbocycles. The molecule has 1 aromatic rings. The predicted octanol–water partition coefficient (Wildman–Crippen LogP) is 0.994. The molecule has 0 bridgehead atoms. The minimum atomic E-state index is -0.245. The molecule has 0 radical (unpaired) electrons. The molecule has 0 spiro atoms. The molecular weight excluding hydrogens is 254 g/mol. The number of hydrogen-bond donors (Lipinski definition) is 2. The average Bonchev–Trinajstić information content (AvgIpc) is 2.41. The Balaban J connectivity index is 2.07. The fourth-order valence-corrected chi connectivity index (χ4v) is 2.35. The summed E-state index contributed by atoms with van der Waals surface area (Å²) in [6.07, 6.45) is 0. The number of hydrogen-bond acceptors (Lipinski definition) is 4. The van der Waals surface area contributed by atoms with E-state index in [-0.39, 0.29) is 18.0 Å². The van der Waals surface area contributed by atoms with Crippen LogP contribution >= 0.6 is 0 Å². The maximum absolute atomic E-state index is 12.2. The lowest BCUT2D eigenvalue weighted by atomic mass is 10.1. The van der Waals surface area contributed by atoms with E-state index in [1.54, 1.807) is 0 Å². The molecule has 5 nitrogen and oxygen atoms in total. The number of carbonyl (C=O) groups is 1. The standard InChI is InChI=1S/C15H23N3O2/c1-11(2)17-15(19)14-10-20-8-7-18(14)9-12-5-3-4-6-13(12)16/h3-6,11,14H,7-10,16H2,1-2H3,(H,17,19). The van der Waals surface area contributed by atoms with E-state index >= 15 is 0 Å². The molecule has 1 aliphatic rings. The molecule has 1 atom stereocenters. The van der Waals surface area contributed by atoms with Crippen molar-refractivity contribution in [3.05, 3.63) is 29.8 Å². The van der Waals surface area contributed by atoms with Crippen molar-refractivity contribution >= 4 is 11.6 Å². The first-order valence-electron chi connectivity index (χ1n) is 7.03. The first kappa shape index (κ1) is 14.8. The van der Waals surface area contributed by atoms with Crippen molar-refractivity contribution in [2.24, 2.45) is 0 Å². The van der Waals surface area contributed by atoms with Crippen LogP contribution in [0.4, 0.5) is 5.69 Å². The molecule has 110 valence electrons. The third-order valence-electron chi connectivity index (χ3n) is 3.40. The number of amides is 1. The van der Waals surface area contributed by atoms with Gasteiger partial charge in [-0.25, -0.2) is 0 Å². The molecule has 1 aromatic carbocycles. The fraction of sp³-hybridized carbons (Fsp3) is 0.533. The number of para-hydroxylation sites is 1. The lowest BCUT2D eigenvalue weighted by Crippen LogP contribution is -2.54. The molecule has 5 heteroatoms. The minimum Gasteiger partial charge on any atom is -0.398 e. The Morgan fingerprint density at radius 3 is 2.95 bits per heavy atom. The molecule has 20 heavy (non-hydrogen) atoms. The van der Waals surface area contributed by atoms with E-state index in [9.17, 15) is 4.79 Å². The van der Waals surface area contributed by atoms with Crippen molar-refractivity contribution in [2.75, 3.05) is 25.5 Å². The maximum atomic E-state index is 12.2. The Labute approximate surface area is 120 Å². The number of nitrogens with zero attached hydrogens (tertiary/aromatic N) is 1. The summed E-state index contributed by atoms with van der Waals surface area (Å²) in [5.74, 6) is 0.0224. The first-order chi connectivity index (χ1) is 9.58. The summed E-state index contributed by atoms with van der Waals surface area (Å²) in [5.41, 5.74) is 7.80. The lowest BCUT2D eigenvalue weighted by molar-refractivity contribution is -0.133. The van der Waals surface area contributed by atoms with Crippen LogP contribution in [-0.4, -0.2) is 42.6 Å². The molecule has 1 heterocycles. The SMILES string of the molecule is CC(C)NC(=O)C1COCCN1Cc1ccccc1N. The quantitative estimate of drug-likeness (QED) is 0.806. The number of nitrogens with one attached hydrogen (secondary N) is 1. The normalized spacial score (nSPS) is 20.1. The Morgan fingerprint density at radius 2 is 2.25 bits per heavy atom. The summed E-state index contributed by atoms with van der Waals surface area (Å²) >= 11 is 0. The van der Waals surface area contributed by atoms with E-state index in [2.05, 4.69) is 10.2 Å². The Hall–Kier alpha value is -1.59. The Bertz CT molecular complexity index is 462. The molecule has 2 rings (SSSR count). The molecule has 3 N–H and O–H groups in total. The molecule has 1 unspecified atom stereocenters. The van der Waals surface area contributed by atoms with E-state index in [4.69, 9.17) is 10.5 Å². The Morgan fingerprint density at radius 1 is 1.50 bits per heavy atom. The highest BCUT2D eigenvalue weighted by molar-refractivity contribution is 5.82. The van der Waals surface area contributed by atoms with Crippen molar-refractivity contribution in [1.82, 2.24) is 10.2 Å². The molecule has 1 aliphatic heterocycles. The second-order valence-corrected chi connectivity index (χ2v) is 5.42. The molecule has 1 saturated heterocycles. The lowest BCUT2D eigenvalue weighted by Gasteiger charge is -2.35. The van der Waals surface area contributed by atoms with E-state index < -0.39 is 0 Å². The average molecular weight is 277 g/mol. The molecule has 1 fully saturated rings. The smallest absolute Gasteiger partial charge is 0.239 e. The minimum absolute atomic E-state index is 0.0224. The number of rotatable bonds is 4. The van der Waals surface area contributed by atoms with Gasteiger partial charge in [0.1, 0.15) is 6.04 Å². The monoisotopic (exact) mass is 277 g/mol. The number of morpholine rings is 1. The van der Waals surface area contributed by atoms with E-state index in [0.29, 0.717) is 19.8 Å². The van der Waals surface area contributed by atoms with E-state index in [1.807, 2.05) is 38.1 Å². The van der Waals surface area contributed by atoms with Crippen LogP contribution in [0.25, 0.3) is 0 Å². The number of ether oxygens (including phenoxy) is 1. The van der Waals surface area contributed by atoms with E-state index in [0.717, 1.165) is 17.8 Å². The molecule has 1 amide bonds. The summed E-state index contributed by atoms with van der Waals surface area (Å²) < 4.78 is 5.45. The topological polar surface area (TPSA) is 67.6 Å². The summed E-state index contributed by atoms with van der Waals surface area (Å²) in [5, 5.41) is 2.95. The van der Waals surface area contributed by atoms with Gasteiger partial charge in [-0.05, 0) is 25.5 Å². The van der Waals surface area contributed by atoms with Gasteiger partial charge in [0.25, 0.3) is 0 Å². The zero-order chi connectivity index (χ0) is 14.5. The third-order valence-corrected chi connectivity index (χ3v) is 3.40. The Kier molecular flexibility index (Phi) is 4.98. The van der Waals surface area contributed by atoms with Gasteiger partial charge in [0, 0.05) is 24.8 Å². The van der Waals surface area contributed by atoms with Crippen molar-refractivity contribution in [2.45, 2.75) is 32.5 Å². The van der Waals surface area contributed by atoms with Gasteiger partial charge in [0.2, 0.25) is 5.91 Å². The number of nitrogens with two attached hydrogens (primary N) is 1. The third kappa shape index (κ3) is 3.71. The highest BCUT2D eigenvalue weighted by Crippen LogP contribution is 2.17. The zero-order valence-electron chi connectivity index (χ0n) is 12.1. The van der Waals surface area contributed by atoms with Gasteiger partial charge in [-0.2, -0.15) is 0 Å². The van der Waals surface area contributed by atoms with Gasteiger partial charge in [0.05, 0.1) is 13.2 Å². The highest BCUT2D eigenvalue weighted by atomic mass is 16.5. The van der Waals surface area contributed by atoms with Crippen LogP contribution in [-0.2, 0) is 16.1 Å². The van der Waals surface area contributed by atoms with Gasteiger partial charge < -0.3 is 15.8 Å². The van der Waals surface area contributed by atoms with Crippen LogP contribution < -0.4 is 11.1 Å². The van der Waals surface area contributed by atoms with Crippen molar-refractivity contribution in [3.63, 3.8) is 0 Å². The molecule has 0 saturated carbocycles. The van der Waals surface area contributed by atoms with Crippen LogP contribution in [0.1, 0.15) is 19.4 Å². The van der Waals surface area contributed by atoms with E-state index in [1.165, 1.54) is 0 Å². The summed E-state index contributed by atoms with van der Waals surface area (Å²) in [6.45, 7) is 6.42. The summed E-state index contributed by atoms with van der Waals surface area (Å²) in [6, 6.07) is 7.66. The largest absolute Gasteiger partial charge is 0.398 e. The van der Waals surface area contributed by atoms with Gasteiger partial charge in [-0.15, -0.1) is 0 Å².